The van der Waals surface area contributed by atoms with Crippen LogP contribution in [0.3, 0.4) is 0 Å². The second kappa shape index (κ2) is 4.89. The molecule has 20 heavy (non-hydrogen) atoms. The van der Waals surface area contributed by atoms with Gasteiger partial charge in [-0.3, -0.25) is 4.79 Å². The zero-order valence-electron chi connectivity index (χ0n) is 11.1. The number of benzene rings is 3. The molecular weight excluding hydrogens is 251 g/mol. The molecule has 3 rings (SSSR count). The van der Waals surface area contributed by atoms with Gasteiger partial charge in [0.25, 0.3) is 0 Å². The van der Waals surface area contributed by atoms with Crippen molar-refractivity contribution in [1.29, 1.82) is 0 Å². The Balaban J connectivity index is 2.37. The van der Waals surface area contributed by atoms with Gasteiger partial charge in [0.15, 0.2) is 5.78 Å². The Morgan fingerprint density at radius 2 is 1.45 bits per heavy atom. The van der Waals surface area contributed by atoms with Crippen molar-refractivity contribution in [2.24, 2.45) is 0 Å². The van der Waals surface area contributed by atoms with Crippen LogP contribution < -0.4 is 0 Å². The lowest BCUT2D eigenvalue weighted by atomic mass is 9.93. The number of carbonyl (C=O) groups is 1. The summed E-state index contributed by atoms with van der Waals surface area (Å²) in [5.41, 5.74) is 2.38. The average molecular weight is 264 g/mol. The van der Waals surface area contributed by atoms with Crippen molar-refractivity contribution >= 4 is 16.6 Å². The summed E-state index contributed by atoms with van der Waals surface area (Å²) in [6.07, 6.45) is 0. The van der Waals surface area contributed by atoms with E-state index in [0.29, 0.717) is 10.9 Å². The summed E-state index contributed by atoms with van der Waals surface area (Å²) in [5.74, 6) is -0.237. The molecule has 0 radical (unpaired) electrons. The Hall–Kier alpha value is -2.48. The molecule has 0 aliphatic carbocycles. The molecule has 3 aromatic rings. The van der Waals surface area contributed by atoms with Crippen molar-refractivity contribution in [2.45, 2.75) is 6.92 Å². The van der Waals surface area contributed by atoms with E-state index in [4.69, 9.17) is 0 Å². The monoisotopic (exact) mass is 264 g/mol. The fraction of sp³-hybridized carbons (Fsp3) is 0.0556. The van der Waals surface area contributed by atoms with Gasteiger partial charge >= 0.3 is 0 Å². The van der Waals surface area contributed by atoms with Gasteiger partial charge in [-0.15, -0.1) is 0 Å². The zero-order chi connectivity index (χ0) is 14.1. The van der Waals surface area contributed by atoms with Gasteiger partial charge in [0.05, 0.1) is 0 Å². The van der Waals surface area contributed by atoms with Crippen molar-refractivity contribution in [3.63, 3.8) is 0 Å². The molecule has 98 valence electrons. The van der Waals surface area contributed by atoms with E-state index >= 15 is 0 Å². The largest absolute Gasteiger partial charge is 0.294 e. The first kappa shape index (κ1) is 12.5. The van der Waals surface area contributed by atoms with Crippen LogP contribution in [0.25, 0.3) is 21.9 Å². The van der Waals surface area contributed by atoms with Crippen LogP contribution in [0.2, 0.25) is 0 Å². The van der Waals surface area contributed by atoms with Crippen molar-refractivity contribution in [3.8, 4) is 11.1 Å². The maximum absolute atomic E-state index is 13.9. The predicted molar refractivity (Wildman–Crippen MR) is 79.3 cm³/mol. The Bertz CT molecular complexity index is 805. The van der Waals surface area contributed by atoms with E-state index in [-0.39, 0.29) is 11.6 Å². The van der Waals surface area contributed by atoms with Gasteiger partial charge in [0, 0.05) is 10.9 Å². The third-order valence-electron chi connectivity index (χ3n) is 3.47. The second-order valence-corrected chi connectivity index (χ2v) is 4.74. The van der Waals surface area contributed by atoms with Gasteiger partial charge in [-0.2, -0.15) is 0 Å². The molecule has 0 aliphatic rings. The zero-order valence-corrected chi connectivity index (χ0v) is 11.1. The van der Waals surface area contributed by atoms with E-state index in [9.17, 15) is 9.18 Å². The van der Waals surface area contributed by atoms with Crippen LogP contribution in [0, 0.1) is 5.82 Å². The maximum atomic E-state index is 13.9. The molecule has 3 aromatic carbocycles. The smallest absolute Gasteiger partial charge is 0.160 e. The number of carbonyl (C=O) groups excluding carboxylic acids is 1. The van der Waals surface area contributed by atoms with Crippen LogP contribution in [0.5, 0.6) is 0 Å². The molecule has 0 aliphatic heterocycles. The number of Topliss-reactive ketones (excluding diaryl/α,β-unsaturated/α-hetero) is 1. The summed E-state index contributed by atoms with van der Waals surface area (Å²) >= 11 is 0. The van der Waals surface area contributed by atoms with Crippen molar-refractivity contribution in [2.75, 3.05) is 0 Å². The quantitative estimate of drug-likeness (QED) is 0.605. The molecule has 0 amide bonds. The lowest BCUT2D eigenvalue weighted by Crippen LogP contribution is -1.96. The average Bonchev–Trinajstić information content (AvgIpc) is 2.48. The van der Waals surface area contributed by atoms with Crippen LogP contribution in [0.15, 0.2) is 60.7 Å². The van der Waals surface area contributed by atoms with Crippen LogP contribution in [0.4, 0.5) is 4.39 Å². The summed E-state index contributed by atoms with van der Waals surface area (Å²) in [7, 11) is 0. The molecule has 0 aromatic heterocycles. The van der Waals surface area contributed by atoms with E-state index in [1.165, 1.54) is 6.07 Å². The van der Waals surface area contributed by atoms with E-state index in [1.54, 1.807) is 25.1 Å². The summed E-state index contributed by atoms with van der Waals surface area (Å²) in [4.78, 5) is 11.8. The normalized spacial score (nSPS) is 10.7. The summed E-state index contributed by atoms with van der Waals surface area (Å²) < 4.78 is 13.9. The lowest BCUT2D eigenvalue weighted by molar-refractivity contribution is 0.101. The molecule has 0 atom stereocenters. The van der Waals surface area contributed by atoms with Gasteiger partial charge in [-0.05, 0) is 29.5 Å². The van der Waals surface area contributed by atoms with Crippen molar-refractivity contribution < 1.29 is 9.18 Å². The molecule has 0 saturated carbocycles. The highest BCUT2D eigenvalue weighted by Crippen LogP contribution is 2.32. The highest BCUT2D eigenvalue weighted by Gasteiger charge is 2.12. The molecule has 0 heterocycles. The van der Waals surface area contributed by atoms with Gasteiger partial charge < -0.3 is 0 Å². The van der Waals surface area contributed by atoms with Gasteiger partial charge in [-0.1, -0.05) is 54.6 Å². The minimum atomic E-state index is -0.246. The van der Waals surface area contributed by atoms with Gasteiger partial charge in [0.1, 0.15) is 5.82 Å². The standard InChI is InChI=1S/C18H13FO/c1-12(20)13-6-2-3-7-14(13)16-10-11-18(19)17-9-5-4-8-15(16)17/h2-11H,1H3. The maximum Gasteiger partial charge on any atom is 0.160 e. The number of ketones is 1. The Morgan fingerprint density at radius 1 is 0.800 bits per heavy atom. The third-order valence-corrected chi connectivity index (χ3v) is 3.47. The molecule has 0 bridgehead atoms. The summed E-state index contributed by atoms with van der Waals surface area (Å²) in [6.45, 7) is 1.55. The highest BCUT2D eigenvalue weighted by molar-refractivity contribution is 6.06. The summed E-state index contributed by atoms with van der Waals surface area (Å²) in [5, 5.41) is 1.39. The number of hydrogen-bond donors (Lipinski definition) is 0. The SMILES string of the molecule is CC(=O)c1ccccc1-c1ccc(F)c2ccccc12. The van der Waals surface area contributed by atoms with Gasteiger partial charge in [-0.25, -0.2) is 4.39 Å². The minimum Gasteiger partial charge on any atom is -0.294 e. The number of fused-ring (bicyclic) bond motifs is 1. The van der Waals surface area contributed by atoms with E-state index in [0.717, 1.165) is 16.5 Å². The first-order valence-corrected chi connectivity index (χ1v) is 6.46. The molecule has 0 N–H and O–H groups in total. The van der Waals surface area contributed by atoms with E-state index in [2.05, 4.69) is 0 Å². The van der Waals surface area contributed by atoms with Crippen LogP contribution >= 0.6 is 0 Å². The third kappa shape index (κ3) is 1.99. The Labute approximate surface area is 116 Å². The number of hydrogen-bond acceptors (Lipinski definition) is 1. The summed E-state index contributed by atoms with van der Waals surface area (Å²) in [6, 6.07) is 17.9. The molecular formula is C18H13FO. The van der Waals surface area contributed by atoms with E-state index < -0.39 is 0 Å². The molecule has 0 saturated heterocycles. The fourth-order valence-corrected chi connectivity index (χ4v) is 2.52. The predicted octanol–water partition coefficient (Wildman–Crippen LogP) is 4.85. The van der Waals surface area contributed by atoms with Crippen molar-refractivity contribution in [3.05, 3.63) is 72.0 Å². The van der Waals surface area contributed by atoms with Crippen LogP contribution in [-0.2, 0) is 0 Å². The van der Waals surface area contributed by atoms with Crippen LogP contribution in [-0.4, -0.2) is 5.78 Å². The first-order chi connectivity index (χ1) is 9.68. The molecule has 0 fully saturated rings. The molecule has 0 spiro atoms. The molecule has 1 nitrogen and oxygen atoms in total. The minimum absolute atomic E-state index is 0.00834. The molecule has 0 unspecified atom stereocenters. The topological polar surface area (TPSA) is 17.1 Å². The Morgan fingerprint density at radius 3 is 2.20 bits per heavy atom. The number of rotatable bonds is 2. The fourth-order valence-electron chi connectivity index (χ4n) is 2.52. The van der Waals surface area contributed by atoms with Gasteiger partial charge in [0.2, 0.25) is 0 Å². The first-order valence-electron chi connectivity index (χ1n) is 6.46. The molecule has 2 heteroatoms. The Kier molecular flexibility index (Phi) is 3.07. The number of halogens is 1. The van der Waals surface area contributed by atoms with Crippen LogP contribution in [0.1, 0.15) is 17.3 Å². The second-order valence-electron chi connectivity index (χ2n) is 4.74. The highest BCUT2D eigenvalue weighted by atomic mass is 19.1. The lowest BCUT2D eigenvalue weighted by Gasteiger charge is -2.11. The van der Waals surface area contributed by atoms with E-state index in [1.807, 2.05) is 36.4 Å². The van der Waals surface area contributed by atoms with Crippen molar-refractivity contribution in [1.82, 2.24) is 0 Å².